The van der Waals surface area contributed by atoms with Crippen LogP contribution in [0.15, 0.2) is 48.8 Å². The number of nitrogens with one attached hydrogen (secondary N) is 1. The number of hydrogen-bond acceptors (Lipinski definition) is 6. The summed E-state index contributed by atoms with van der Waals surface area (Å²) in [4.78, 5) is 18.3. The molecule has 1 aliphatic rings. The molecule has 0 saturated carbocycles. The van der Waals surface area contributed by atoms with Gasteiger partial charge in [0, 0.05) is 19.8 Å². The Morgan fingerprint density at radius 3 is 3.07 bits per heavy atom. The van der Waals surface area contributed by atoms with Crippen molar-refractivity contribution in [3.8, 4) is 11.8 Å². The van der Waals surface area contributed by atoms with Crippen LogP contribution in [0, 0.1) is 17.1 Å². The van der Waals surface area contributed by atoms with Crippen LogP contribution in [0.4, 0.5) is 10.2 Å². The summed E-state index contributed by atoms with van der Waals surface area (Å²) in [5, 5.41) is 16.3. The maximum Gasteiger partial charge on any atom is 0.248 e. The summed E-state index contributed by atoms with van der Waals surface area (Å²) in [6.07, 6.45) is 2.89. The highest BCUT2D eigenvalue weighted by Gasteiger charge is 2.30. The van der Waals surface area contributed by atoms with E-state index >= 15 is 0 Å². The number of anilines is 1. The molecule has 30 heavy (non-hydrogen) atoms. The van der Waals surface area contributed by atoms with Gasteiger partial charge in [0.05, 0.1) is 24.4 Å². The number of nitrogens with zero attached hydrogens (tertiary/aromatic N) is 5. The third-order valence-corrected chi connectivity index (χ3v) is 4.81. The number of likely N-dealkylation sites (N-methyl/N-ethyl adjacent to an activating group) is 1. The number of hydrogen-bond donors (Lipinski definition) is 1. The van der Waals surface area contributed by atoms with Crippen LogP contribution in [-0.4, -0.2) is 40.4 Å². The van der Waals surface area contributed by atoms with E-state index in [0.29, 0.717) is 23.7 Å². The molecule has 1 aromatic carbocycles. The fourth-order valence-electron chi connectivity index (χ4n) is 3.26. The van der Waals surface area contributed by atoms with Gasteiger partial charge in [-0.3, -0.25) is 19.7 Å². The number of fused-ring (bicyclic) bond motifs is 1. The summed E-state index contributed by atoms with van der Waals surface area (Å²) in [6, 6.07) is 12.0. The number of halogens is 1. The second kappa shape index (κ2) is 8.31. The van der Waals surface area contributed by atoms with Gasteiger partial charge < -0.3 is 4.74 Å². The second-order valence-electron chi connectivity index (χ2n) is 6.90. The zero-order chi connectivity index (χ0) is 21.1. The molecule has 0 unspecified atom stereocenters. The highest BCUT2D eigenvalue weighted by molar-refractivity contribution is 5.97. The SMILES string of the molecule is CN1C(=O)[C@@H](NCc2nn(Cc3cccc(C#N)c3)cc2F)COc2cccnc21. The van der Waals surface area contributed by atoms with Crippen molar-refractivity contribution in [3.05, 3.63) is 71.4 Å². The Bertz CT molecular complexity index is 1120. The third-order valence-electron chi connectivity index (χ3n) is 4.81. The maximum absolute atomic E-state index is 14.4. The van der Waals surface area contributed by atoms with Gasteiger partial charge in [-0.05, 0) is 29.8 Å². The smallest absolute Gasteiger partial charge is 0.248 e. The van der Waals surface area contributed by atoms with Gasteiger partial charge >= 0.3 is 0 Å². The van der Waals surface area contributed by atoms with E-state index < -0.39 is 11.9 Å². The first-order chi connectivity index (χ1) is 14.5. The summed E-state index contributed by atoms with van der Waals surface area (Å²) >= 11 is 0. The summed E-state index contributed by atoms with van der Waals surface area (Å²) in [7, 11) is 1.63. The fourth-order valence-corrected chi connectivity index (χ4v) is 3.26. The summed E-state index contributed by atoms with van der Waals surface area (Å²) in [5.41, 5.74) is 1.57. The molecule has 4 rings (SSSR count). The average Bonchev–Trinajstić information content (AvgIpc) is 3.06. The van der Waals surface area contributed by atoms with E-state index in [4.69, 9.17) is 10.00 Å². The Morgan fingerprint density at radius 1 is 1.37 bits per heavy atom. The lowest BCUT2D eigenvalue weighted by Gasteiger charge is -2.19. The zero-order valence-corrected chi connectivity index (χ0v) is 16.2. The number of rotatable bonds is 5. The molecular weight excluding hydrogens is 387 g/mol. The van der Waals surface area contributed by atoms with Crippen LogP contribution >= 0.6 is 0 Å². The van der Waals surface area contributed by atoms with Crippen molar-refractivity contribution >= 4 is 11.7 Å². The van der Waals surface area contributed by atoms with Crippen molar-refractivity contribution in [1.82, 2.24) is 20.1 Å². The first-order valence-electron chi connectivity index (χ1n) is 9.35. The number of ether oxygens (including phenoxy) is 1. The van der Waals surface area contributed by atoms with Crippen molar-refractivity contribution in [1.29, 1.82) is 5.26 Å². The Morgan fingerprint density at radius 2 is 2.23 bits per heavy atom. The van der Waals surface area contributed by atoms with Gasteiger partial charge in [-0.1, -0.05) is 12.1 Å². The van der Waals surface area contributed by atoms with Gasteiger partial charge in [0.2, 0.25) is 5.91 Å². The summed E-state index contributed by atoms with van der Waals surface area (Å²) < 4.78 is 21.5. The van der Waals surface area contributed by atoms with Crippen LogP contribution in [0.3, 0.4) is 0 Å². The van der Waals surface area contributed by atoms with Gasteiger partial charge in [-0.25, -0.2) is 9.37 Å². The van der Waals surface area contributed by atoms with Gasteiger partial charge in [0.15, 0.2) is 17.4 Å². The van der Waals surface area contributed by atoms with Crippen LogP contribution in [0.25, 0.3) is 0 Å². The molecule has 2 aromatic heterocycles. The Balaban J connectivity index is 1.43. The van der Waals surface area contributed by atoms with Crippen LogP contribution in [0.2, 0.25) is 0 Å². The molecule has 0 aliphatic carbocycles. The molecular formula is C21H19FN6O2. The van der Waals surface area contributed by atoms with E-state index in [1.54, 1.807) is 43.6 Å². The lowest BCUT2D eigenvalue weighted by molar-refractivity contribution is -0.120. The van der Waals surface area contributed by atoms with Crippen LogP contribution in [0.5, 0.6) is 5.75 Å². The quantitative estimate of drug-likeness (QED) is 0.695. The molecule has 0 saturated heterocycles. The molecule has 0 bridgehead atoms. The van der Waals surface area contributed by atoms with Crippen LogP contribution in [-0.2, 0) is 17.9 Å². The topological polar surface area (TPSA) is 96.1 Å². The molecule has 0 spiro atoms. The molecule has 0 radical (unpaired) electrons. The Hall–Kier alpha value is -3.77. The molecule has 152 valence electrons. The second-order valence-corrected chi connectivity index (χ2v) is 6.90. The van der Waals surface area contributed by atoms with E-state index in [1.807, 2.05) is 6.07 Å². The van der Waals surface area contributed by atoms with Gasteiger partial charge in [-0.2, -0.15) is 10.4 Å². The number of aromatic nitrogens is 3. The minimum absolute atomic E-state index is 0.0639. The summed E-state index contributed by atoms with van der Waals surface area (Å²) in [6.45, 7) is 0.501. The highest BCUT2D eigenvalue weighted by atomic mass is 19.1. The maximum atomic E-state index is 14.4. The molecule has 0 fully saturated rings. The van der Waals surface area contributed by atoms with Gasteiger partial charge in [0.25, 0.3) is 0 Å². The number of carbonyl (C=O) groups excluding carboxylic acids is 1. The minimum atomic E-state index is -0.666. The van der Waals surface area contributed by atoms with Crippen LogP contribution < -0.4 is 15.0 Å². The number of carbonyl (C=O) groups is 1. The molecule has 1 atom stereocenters. The molecule has 9 heteroatoms. The van der Waals surface area contributed by atoms with E-state index in [-0.39, 0.29) is 24.8 Å². The molecule has 8 nitrogen and oxygen atoms in total. The predicted molar refractivity (Wildman–Crippen MR) is 106 cm³/mol. The van der Waals surface area contributed by atoms with Gasteiger partial charge in [0.1, 0.15) is 18.3 Å². The standard InChI is InChI=1S/C21H19FN6O2/c1-27-20-19(6-3-7-24-20)30-13-18(21(27)29)25-10-17-16(22)12-28(26-17)11-15-5-2-4-14(8-15)9-23/h2-8,12,18,25H,10-11,13H2,1H3/t18-/m0/s1. The van der Waals surface area contributed by atoms with Crippen molar-refractivity contribution in [2.45, 2.75) is 19.1 Å². The normalized spacial score (nSPS) is 15.8. The lowest BCUT2D eigenvalue weighted by Crippen LogP contribution is -2.47. The number of nitriles is 1. The third kappa shape index (κ3) is 3.99. The van der Waals surface area contributed by atoms with E-state index in [2.05, 4.69) is 21.5 Å². The lowest BCUT2D eigenvalue weighted by atomic mass is 10.1. The van der Waals surface area contributed by atoms with Crippen LogP contribution in [0.1, 0.15) is 16.8 Å². The Kier molecular flexibility index (Phi) is 5.41. The zero-order valence-electron chi connectivity index (χ0n) is 16.2. The number of amides is 1. The Labute approximate surface area is 172 Å². The fraction of sp³-hybridized carbons (Fsp3) is 0.238. The van der Waals surface area contributed by atoms with E-state index in [1.165, 1.54) is 15.8 Å². The van der Waals surface area contributed by atoms with Gasteiger partial charge in [-0.15, -0.1) is 0 Å². The van der Waals surface area contributed by atoms with Crippen molar-refractivity contribution < 1.29 is 13.9 Å². The number of benzene rings is 1. The summed E-state index contributed by atoms with van der Waals surface area (Å²) in [5.74, 6) is 0.273. The average molecular weight is 406 g/mol. The predicted octanol–water partition coefficient (Wildman–Crippen LogP) is 1.85. The molecule has 3 heterocycles. The molecule has 1 aliphatic heterocycles. The van der Waals surface area contributed by atoms with Crippen molar-refractivity contribution in [2.24, 2.45) is 0 Å². The molecule has 3 aromatic rings. The minimum Gasteiger partial charge on any atom is -0.488 e. The first-order valence-corrected chi connectivity index (χ1v) is 9.35. The first kappa shape index (κ1) is 19.5. The molecule has 1 amide bonds. The monoisotopic (exact) mass is 406 g/mol. The number of pyridine rings is 1. The molecule has 1 N–H and O–H groups in total. The van der Waals surface area contributed by atoms with Crippen molar-refractivity contribution in [2.75, 3.05) is 18.6 Å². The largest absolute Gasteiger partial charge is 0.488 e. The van der Waals surface area contributed by atoms with E-state index in [9.17, 15) is 9.18 Å². The highest BCUT2D eigenvalue weighted by Crippen LogP contribution is 2.27. The van der Waals surface area contributed by atoms with E-state index in [0.717, 1.165) is 5.56 Å². The van der Waals surface area contributed by atoms with Crippen molar-refractivity contribution in [3.63, 3.8) is 0 Å².